The second-order valence-electron chi connectivity index (χ2n) is 12.1. The van der Waals surface area contributed by atoms with E-state index in [4.69, 9.17) is 4.74 Å². The van der Waals surface area contributed by atoms with E-state index in [0.717, 1.165) is 10.5 Å². The van der Waals surface area contributed by atoms with Crippen LogP contribution in [0, 0.1) is 35.9 Å². The summed E-state index contributed by atoms with van der Waals surface area (Å²) >= 11 is 0. The minimum absolute atomic E-state index is 0.0184. The van der Waals surface area contributed by atoms with Crippen LogP contribution < -0.4 is 10.2 Å². The third-order valence-electron chi connectivity index (χ3n) is 9.55. The summed E-state index contributed by atoms with van der Waals surface area (Å²) in [4.78, 5) is 42.2. The van der Waals surface area contributed by atoms with Gasteiger partial charge < -0.3 is 15.2 Å². The van der Waals surface area contributed by atoms with Crippen molar-refractivity contribution in [2.75, 3.05) is 18.0 Å². The molecule has 1 aliphatic carbocycles. The van der Waals surface area contributed by atoms with Gasteiger partial charge in [0, 0.05) is 30.6 Å². The highest BCUT2D eigenvalue weighted by molar-refractivity contribution is 7.89. The molecule has 6 rings (SSSR count). The van der Waals surface area contributed by atoms with E-state index in [9.17, 15) is 32.3 Å². The number of aryl methyl sites for hydroxylation is 1. The zero-order valence-electron chi connectivity index (χ0n) is 24.8. The molecule has 3 aromatic rings. The van der Waals surface area contributed by atoms with E-state index in [1.807, 2.05) is 6.92 Å². The van der Waals surface area contributed by atoms with E-state index in [1.54, 1.807) is 55.5 Å². The number of benzene rings is 3. The molecule has 2 N–H and O–H groups in total. The van der Waals surface area contributed by atoms with E-state index >= 15 is 0 Å². The molecule has 45 heavy (non-hydrogen) atoms. The Morgan fingerprint density at radius 3 is 2.38 bits per heavy atom. The van der Waals surface area contributed by atoms with Crippen molar-refractivity contribution in [3.05, 3.63) is 95.8 Å². The number of halogens is 1. The van der Waals surface area contributed by atoms with Gasteiger partial charge in [-0.1, -0.05) is 61.0 Å². The van der Waals surface area contributed by atoms with Crippen molar-refractivity contribution in [2.24, 2.45) is 23.2 Å². The average molecular weight is 636 g/mol. The smallest absolute Gasteiger partial charge is 0.407 e. The van der Waals surface area contributed by atoms with Gasteiger partial charge in [0.1, 0.15) is 11.9 Å². The Morgan fingerprint density at radius 1 is 1.02 bits per heavy atom. The van der Waals surface area contributed by atoms with Crippen LogP contribution in [-0.2, 0) is 30.9 Å². The molecular formula is C33H34FN3O7S. The molecule has 1 spiro atoms. The van der Waals surface area contributed by atoms with E-state index in [1.165, 1.54) is 34.6 Å². The summed E-state index contributed by atoms with van der Waals surface area (Å²) in [6.07, 6.45) is -3.82. The number of rotatable bonds is 6. The number of alkyl carbamates (subject to hydrolysis) is 1. The Hall–Kier alpha value is -4.13. The molecule has 2 saturated heterocycles. The maximum Gasteiger partial charge on any atom is 0.407 e. The van der Waals surface area contributed by atoms with Crippen LogP contribution in [0.25, 0.3) is 0 Å². The van der Waals surface area contributed by atoms with E-state index in [-0.39, 0.29) is 36.5 Å². The molecule has 2 heterocycles. The number of anilines is 1. The lowest BCUT2D eigenvalue weighted by molar-refractivity contribution is -0.163. The first-order chi connectivity index (χ1) is 21.4. The number of para-hydroxylation sites is 1. The lowest BCUT2D eigenvalue weighted by Gasteiger charge is -2.49. The van der Waals surface area contributed by atoms with Crippen molar-refractivity contribution in [1.82, 2.24) is 9.62 Å². The molecule has 12 heteroatoms. The summed E-state index contributed by atoms with van der Waals surface area (Å²) in [5.41, 5.74) is 0.0242. The van der Waals surface area contributed by atoms with Crippen molar-refractivity contribution in [3.63, 3.8) is 0 Å². The minimum Gasteiger partial charge on any atom is -0.443 e. The van der Waals surface area contributed by atoms with Crippen LogP contribution in [-0.4, -0.2) is 61.0 Å². The van der Waals surface area contributed by atoms with E-state index < -0.39 is 69.1 Å². The van der Waals surface area contributed by atoms with Gasteiger partial charge in [-0.3, -0.25) is 14.5 Å². The topological polar surface area (TPSA) is 133 Å². The summed E-state index contributed by atoms with van der Waals surface area (Å²) in [6.45, 7) is 3.13. The molecule has 0 aromatic heterocycles. The number of nitrogens with zero attached hydrogens (tertiary/aromatic N) is 2. The lowest BCUT2D eigenvalue weighted by atomic mass is 9.56. The van der Waals surface area contributed by atoms with Crippen LogP contribution in [0.4, 0.5) is 14.9 Å². The number of carbonyl (C=O) groups is 3. The van der Waals surface area contributed by atoms with Gasteiger partial charge in [-0.25, -0.2) is 17.6 Å². The van der Waals surface area contributed by atoms with Crippen LogP contribution in [0.15, 0.2) is 83.8 Å². The highest BCUT2D eigenvalue weighted by atomic mass is 32.2. The third kappa shape index (κ3) is 5.20. The molecule has 1 saturated carbocycles. The Labute approximate surface area is 260 Å². The Bertz CT molecular complexity index is 1740. The molecule has 6 atom stereocenters. The normalized spacial score (nSPS) is 28.4. The number of carbonyl (C=O) groups excluding carboxylic acids is 3. The van der Waals surface area contributed by atoms with Crippen LogP contribution in [0.3, 0.4) is 0 Å². The molecule has 0 unspecified atom stereocenters. The van der Waals surface area contributed by atoms with Crippen molar-refractivity contribution in [3.8, 4) is 0 Å². The largest absolute Gasteiger partial charge is 0.443 e. The zero-order chi connectivity index (χ0) is 32.1. The number of aliphatic hydroxyl groups is 1. The zero-order valence-corrected chi connectivity index (χ0v) is 25.6. The standard InChI is InChI=1S/C33H34FN3O7S/c1-20-12-14-24(15-13-20)45(42,43)36-18-21(2)33(19-36)28-25(30(39)37(31(28)40)23-9-4-3-5-10-23)16-27(29(33)38)44-32(41)35-17-22-8-6-7-11-26(22)34/h3-15,21,25,27-29,38H,16-19H2,1-2H3,(H,35,41)/t21-,25-,27-,28+,29-,33+/m1/s1. The molecule has 2 aliphatic heterocycles. The Balaban J connectivity index is 1.35. The maximum absolute atomic E-state index is 14.2. The van der Waals surface area contributed by atoms with Crippen molar-refractivity contribution >= 4 is 33.6 Å². The fraction of sp³-hybridized carbons (Fsp3) is 0.364. The van der Waals surface area contributed by atoms with Gasteiger partial charge in [-0.2, -0.15) is 4.31 Å². The quantitative estimate of drug-likeness (QED) is 0.396. The van der Waals surface area contributed by atoms with Gasteiger partial charge >= 0.3 is 6.09 Å². The van der Waals surface area contributed by atoms with Crippen LogP contribution in [0.1, 0.15) is 24.5 Å². The molecule has 0 radical (unpaired) electrons. The fourth-order valence-corrected chi connectivity index (χ4v) is 8.84. The van der Waals surface area contributed by atoms with Gasteiger partial charge in [0.2, 0.25) is 21.8 Å². The molecule has 3 aliphatic rings. The fourth-order valence-electron chi connectivity index (χ4n) is 7.24. The first-order valence-electron chi connectivity index (χ1n) is 14.8. The number of fused-ring (bicyclic) bond motifs is 2. The first kappa shape index (κ1) is 30.9. The highest BCUT2D eigenvalue weighted by Gasteiger charge is 2.70. The monoisotopic (exact) mass is 635 g/mol. The number of hydrogen-bond donors (Lipinski definition) is 2. The number of nitrogens with one attached hydrogen (secondary N) is 1. The second-order valence-corrected chi connectivity index (χ2v) is 14.1. The average Bonchev–Trinajstić information content (AvgIpc) is 3.49. The number of aliphatic hydroxyl groups excluding tert-OH is 1. The lowest BCUT2D eigenvalue weighted by Crippen LogP contribution is -2.61. The third-order valence-corrected chi connectivity index (χ3v) is 11.4. The van der Waals surface area contributed by atoms with Crippen molar-refractivity contribution < 1.29 is 37.0 Å². The number of amides is 3. The Kier molecular flexibility index (Phi) is 8.00. The minimum atomic E-state index is -4.04. The predicted molar refractivity (Wildman–Crippen MR) is 162 cm³/mol. The van der Waals surface area contributed by atoms with Crippen molar-refractivity contribution in [1.29, 1.82) is 0 Å². The summed E-state index contributed by atoms with van der Waals surface area (Å²) in [5.74, 6) is -4.18. The van der Waals surface area contributed by atoms with Gasteiger partial charge in [0.15, 0.2) is 0 Å². The second kappa shape index (κ2) is 11.7. The van der Waals surface area contributed by atoms with Crippen molar-refractivity contribution in [2.45, 2.75) is 43.9 Å². The summed E-state index contributed by atoms with van der Waals surface area (Å²) in [7, 11) is -4.04. The molecule has 3 amide bonds. The highest BCUT2D eigenvalue weighted by Crippen LogP contribution is 2.58. The number of hydrogen-bond acceptors (Lipinski definition) is 7. The van der Waals surface area contributed by atoms with Gasteiger partial charge in [-0.05, 0) is 49.6 Å². The first-order valence-corrected chi connectivity index (χ1v) is 16.2. The molecular weight excluding hydrogens is 601 g/mol. The molecule has 236 valence electrons. The summed E-state index contributed by atoms with van der Waals surface area (Å²) in [6, 6.07) is 20.7. The van der Waals surface area contributed by atoms with E-state index in [0.29, 0.717) is 5.69 Å². The molecule has 0 bridgehead atoms. The van der Waals surface area contributed by atoms with E-state index in [2.05, 4.69) is 5.32 Å². The van der Waals surface area contributed by atoms with Crippen LogP contribution in [0.5, 0.6) is 0 Å². The molecule has 3 aromatic carbocycles. The number of sulfonamides is 1. The molecule has 3 fully saturated rings. The summed E-state index contributed by atoms with van der Waals surface area (Å²) in [5, 5.41) is 14.5. The van der Waals surface area contributed by atoms with Gasteiger partial charge in [0.25, 0.3) is 0 Å². The SMILES string of the molecule is Cc1ccc(S(=O)(=O)N2C[C@@H](C)[C@]3(C2)[C@H](O)[C@H](OC(=O)NCc2ccccc2F)C[C@H]2C(=O)N(c4ccccc4)C(=O)[C@H]23)cc1. The molecule has 10 nitrogen and oxygen atoms in total. The summed E-state index contributed by atoms with van der Waals surface area (Å²) < 4.78 is 48.7. The van der Waals surface area contributed by atoms with Crippen LogP contribution >= 0.6 is 0 Å². The number of imide groups is 1. The van der Waals surface area contributed by atoms with Gasteiger partial charge in [0.05, 0.1) is 28.5 Å². The predicted octanol–water partition coefficient (Wildman–Crippen LogP) is 3.63. The van der Waals surface area contributed by atoms with Gasteiger partial charge in [-0.15, -0.1) is 0 Å². The number of ether oxygens (including phenoxy) is 1. The van der Waals surface area contributed by atoms with Crippen LogP contribution in [0.2, 0.25) is 0 Å². The Morgan fingerprint density at radius 2 is 1.69 bits per heavy atom. The maximum atomic E-state index is 14.2.